The lowest BCUT2D eigenvalue weighted by atomic mass is 10.1. The van der Waals surface area contributed by atoms with Crippen LogP contribution in [-0.2, 0) is 6.54 Å². The monoisotopic (exact) mass is 411 g/mol. The van der Waals surface area contributed by atoms with Crippen molar-refractivity contribution in [3.8, 4) is 0 Å². The molecule has 9 heteroatoms. The number of urea groups is 1. The molecule has 0 spiro atoms. The lowest BCUT2D eigenvalue weighted by molar-refractivity contribution is -0.143. The largest absolute Gasteiger partial charge is 0.401 e. The molecule has 1 heterocycles. The molecule has 1 fully saturated rings. The van der Waals surface area contributed by atoms with Gasteiger partial charge in [0.2, 0.25) is 0 Å². The molecule has 4 nitrogen and oxygen atoms in total. The van der Waals surface area contributed by atoms with E-state index < -0.39 is 24.6 Å². The van der Waals surface area contributed by atoms with Crippen LogP contribution < -0.4 is 10.6 Å². The van der Waals surface area contributed by atoms with Crippen LogP contribution in [0.2, 0.25) is 0 Å². The predicted molar refractivity (Wildman–Crippen MR) is 84.9 cm³/mol. The summed E-state index contributed by atoms with van der Waals surface area (Å²) in [6, 6.07) is 3.90. The fraction of sp³-hybridized carbons (Fsp3) is 0.533. The Bertz CT molecular complexity index is 562. The van der Waals surface area contributed by atoms with E-state index in [9.17, 15) is 22.4 Å². The Labute approximate surface area is 145 Å². The van der Waals surface area contributed by atoms with Crippen LogP contribution in [0.5, 0.6) is 0 Å². The average Bonchev–Trinajstić information content (AvgIpc) is 2.87. The van der Waals surface area contributed by atoms with Gasteiger partial charge in [0.05, 0.1) is 6.54 Å². The number of halogens is 5. The number of nitrogens with one attached hydrogen (secondary N) is 2. The Balaban J connectivity index is 1.68. The molecule has 2 N–H and O–H groups in total. The molecule has 0 bridgehead atoms. The maximum absolute atomic E-state index is 13.2. The van der Waals surface area contributed by atoms with Crippen molar-refractivity contribution in [3.63, 3.8) is 0 Å². The summed E-state index contributed by atoms with van der Waals surface area (Å²) >= 11 is 3.17. The number of hydrogen-bond donors (Lipinski definition) is 2. The minimum absolute atomic E-state index is 0.00131. The van der Waals surface area contributed by atoms with E-state index in [0.717, 1.165) is 0 Å². The summed E-state index contributed by atoms with van der Waals surface area (Å²) in [5, 5.41) is 5.24. The van der Waals surface area contributed by atoms with Gasteiger partial charge in [-0.15, -0.1) is 0 Å². The molecule has 24 heavy (non-hydrogen) atoms. The van der Waals surface area contributed by atoms with Gasteiger partial charge in [-0.3, -0.25) is 4.90 Å². The van der Waals surface area contributed by atoms with E-state index in [1.165, 1.54) is 17.0 Å². The van der Waals surface area contributed by atoms with Crippen LogP contribution in [0.3, 0.4) is 0 Å². The van der Waals surface area contributed by atoms with Gasteiger partial charge in [0, 0.05) is 24.1 Å². The number of benzene rings is 1. The normalized spacial score (nSPS) is 18.6. The van der Waals surface area contributed by atoms with Crippen LogP contribution in [0.25, 0.3) is 0 Å². The molecule has 1 aliphatic heterocycles. The van der Waals surface area contributed by atoms with E-state index in [0.29, 0.717) is 36.1 Å². The van der Waals surface area contributed by atoms with Crippen molar-refractivity contribution < 1.29 is 22.4 Å². The Morgan fingerprint density at radius 2 is 2.04 bits per heavy atom. The molecule has 2 amide bonds. The zero-order chi connectivity index (χ0) is 17.7. The van der Waals surface area contributed by atoms with Crippen LogP contribution in [0, 0.1) is 11.7 Å². The first-order chi connectivity index (χ1) is 11.2. The van der Waals surface area contributed by atoms with Crippen molar-refractivity contribution in [3.05, 3.63) is 34.1 Å². The van der Waals surface area contributed by atoms with Gasteiger partial charge in [0.1, 0.15) is 5.82 Å². The van der Waals surface area contributed by atoms with Gasteiger partial charge < -0.3 is 10.6 Å². The fourth-order valence-electron chi connectivity index (χ4n) is 2.67. The van der Waals surface area contributed by atoms with Crippen LogP contribution in [0.1, 0.15) is 12.0 Å². The number of rotatable bonds is 5. The third-order valence-electron chi connectivity index (χ3n) is 3.70. The highest BCUT2D eigenvalue weighted by atomic mass is 79.9. The molecule has 1 saturated heterocycles. The van der Waals surface area contributed by atoms with E-state index in [2.05, 4.69) is 26.6 Å². The summed E-state index contributed by atoms with van der Waals surface area (Å²) in [7, 11) is 0. The van der Waals surface area contributed by atoms with Gasteiger partial charge in [0.15, 0.2) is 0 Å². The van der Waals surface area contributed by atoms with Crippen LogP contribution in [-0.4, -0.2) is 43.3 Å². The van der Waals surface area contributed by atoms with E-state index in [1.807, 2.05) is 0 Å². The van der Waals surface area contributed by atoms with Crippen LogP contribution in [0.4, 0.5) is 22.4 Å². The third-order valence-corrected chi connectivity index (χ3v) is 4.16. The summed E-state index contributed by atoms with van der Waals surface area (Å²) in [5.41, 5.74) is 0.606. The van der Waals surface area contributed by atoms with Gasteiger partial charge in [-0.25, -0.2) is 9.18 Å². The number of amides is 2. The summed E-state index contributed by atoms with van der Waals surface area (Å²) in [4.78, 5) is 13.1. The smallest absolute Gasteiger partial charge is 0.338 e. The van der Waals surface area contributed by atoms with Crippen molar-refractivity contribution in [2.75, 3.05) is 26.2 Å². The van der Waals surface area contributed by atoms with E-state index in [-0.39, 0.29) is 12.5 Å². The first-order valence-corrected chi connectivity index (χ1v) is 8.26. The molecule has 1 atom stereocenters. The molecule has 1 aromatic carbocycles. The zero-order valence-corrected chi connectivity index (χ0v) is 14.4. The minimum atomic E-state index is -4.20. The molecule has 1 aromatic rings. The van der Waals surface area contributed by atoms with Crippen molar-refractivity contribution in [2.45, 2.75) is 19.1 Å². The molecule has 1 aliphatic rings. The Kier molecular flexibility index (Phi) is 6.45. The van der Waals surface area contributed by atoms with Crippen molar-refractivity contribution in [1.29, 1.82) is 0 Å². The van der Waals surface area contributed by atoms with Gasteiger partial charge in [-0.2, -0.15) is 13.2 Å². The van der Waals surface area contributed by atoms with Gasteiger partial charge >= 0.3 is 12.2 Å². The second-order valence-corrected chi connectivity index (χ2v) is 6.76. The SMILES string of the molecule is O=C(NCc1cc(F)cc(Br)c1)NC[C@@H]1CCN(CC(F)(F)F)C1. The molecular formula is C15H18BrF4N3O. The Morgan fingerprint density at radius 3 is 2.71 bits per heavy atom. The van der Waals surface area contributed by atoms with E-state index in [1.54, 1.807) is 6.07 Å². The fourth-order valence-corrected chi connectivity index (χ4v) is 3.18. The maximum atomic E-state index is 13.2. The van der Waals surface area contributed by atoms with Gasteiger partial charge in [-0.05, 0) is 42.6 Å². The Hall–Kier alpha value is -1.35. The molecule has 2 rings (SSSR count). The van der Waals surface area contributed by atoms with E-state index >= 15 is 0 Å². The number of alkyl halides is 3. The topological polar surface area (TPSA) is 44.4 Å². The molecule has 0 aromatic heterocycles. The molecule has 0 radical (unpaired) electrons. The standard InChI is InChI=1S/C15H18BrF4N3O/c16-12-3-11(4-13(17)5-12)7-22-14(24)21-6-10-1-2-23(8-10)9-15(18,19)20/h3-5,10H,1-2,6-9H2,(H2,21,22,24)/t10-/m0/s1. The quantitative estimate of drug-likeness (QED) is 0.730. The number of carbonyl (C=O) groups excluding carboxylic acids is 1. The van der Waals surface area contributed by atoms with E-state index in [4.69, 9.17) is 0 Å². The lowest BCUT2D eigenvalue weighted by Crippen LogP contribution is -2.39. The van der Waals surface area contributed by atoms with Crippen LogP contribution >= 0.6 is 15.9 Å². The summed E-state index contributed by atoms with van der Waals surface area (Å²) in [6.45, 7) is 0.256. The highest BCUT2D eigenvalue weighted by Crippen LogP contribution is 2.22. The summed E-state index contributed by atoms with van der Waals surface area (Å²) < 4.78 is 50.7. The first kappa shape index (κ1) is 19.0. The molecule has 0 unspecified atom stereocenters. The van der Waals surface area contributed by atoms with Crippen molar-refractivity contribution in [1.82, 2.24) is 15.5 Å². The highest BCUT2D eigenvalue weighted by Gasteiger charge is 2.34. The first-order valence-electron chi connectivity index (χ1n) is 7.47. The summed E-state index contributed by atoms with van der Waals surface area (Å²) in [5.74, 6) is -0.404. The second-order valence-electron chi connectivity index (χ2n) is 5.85. The van der Waals surface area contributed by atoms with Crippen LogP contribution in [0.15, 0.2) is 22.7 Å². The Morgan fingerprint density at radius 1 is 1.29 bits per heavy atom. The lowest BCUT2D eigenvalue weighted by Gasteiger charge is -2.18. The average molecular weight is 412 g/mol. The number of nitrogens with zero attached hydrogens (tertiary/aromatic N) is 1. The predicted octanol–water partition coefficient (Wildman–Crippen LogP) is 3.27. The second kappa shape index (κ2) is 8.15. The molecule has 0 saturated carbocycles. The molecule has 0 aliphatic carbocycles. The highest BCUT2D eigenvalue weighted by molar-refractivity contribution is 9.10. The maximum Gasteiger partial charge on any atom is 0.401 e. The number of likely N-dealkylation sites (tertiary alicyclic amines) is 1. The molecule has 134 valence electrons. The third kappa shape index (κ3) is 6.64. The zero-order valence-electron chi connectivity index (χ0n) is 12.8. The number of carbonyl (C=O) groups is 1. The van der Waals surface area contributed by atoms with Gasteiger partial charge in [-0.1, -0.05) is 15.9 Å². The minimum Gasteiger partial charge on any atom is -0.338 e. The number of hydrogen-bond acceptors (Lipinski definition) is 2. The van der Waals surface area contributed by atoms with Crippen molar-refractivity contribution >= 4 is 22.0 Å². The van der Waals surface area contributed by atoms with Gasteiger partial charge in [0.25, 0.3) is 0 Å². The van der Waals surface area contributed by atoms with Crippen molar-refractivity contribution in [2.24, 2.45) is 5.92 Å². The molecular weight excluding hydrogens is 394 g/mol. The summed E-state index contributed by atoms with van der Waals surface area (Å²) in [6.07, 6.45) is -3.58.